The molecule has 0 fully saturated rings. The molecule has 0 bridgehead atoms. The zero-order valence-corrected chi connectivity index (χ0v) is 13.6. The van der Waals surface area contributed by atoms with Gasteiger partial charge in [-0.3, -0.25) is 0 Å². The van der Waals surface area contributed by atoms with Crippen LogP contribution in [0.25, 0.3) is 11.5 Å². The summed E-state index contributed by atoms with van der Waals surface area (Å²) in [6.07, 6.45) is 6.55. The molecule has 5 heteroatoms. The standard InChI is InChI=1S/C18H22N4O/c1-3-17-19-9-10-22(17)12-14(2)20-11-16-13-23-18(21-16)15-7-5-4-6-8-15/h4-10,13-14,20H,3,11-12H2,1-2H3. The Hall–Kier alpha value is -2.40. The van der Waals surface area contributed by atoms with Gasteiger partial charge >= 0.3 is 0 Å². The minimum atomic E-state index is 0.325. The summed E-state index contributed by atoms with van der Waals surface area (Å²) < 4.78 is 7.75. The van der Waals surface area contributed by atoms with Gasteiger partial charge in [-0.2, -0.15) is 0 Å². The van der Waals surface area contributed by atoms with E-state index in [9.17, 15) is 0 Å². The average molecular weight is 310 g/mol. The van der Waals surface area contributed by atoms with Gasteiger partial charge in [-0.15, -0.1) is 0 Å². The third-order valence-corrected chi connectivity index (χ3v) is 3.79. The molecule has 0 radical (unpaired) electrons. The molecule has 1 aromatic carbocycles. The normalized spacial score (nSPS) is 12.4. The van der Waals surface area contributed by atoms with Crippen LogP contribution in [0.5, 0.6) is 0 Å². The quantitative estimate of drug-likeness (QED) is 0.727. The maximum absolute atomic E-state index is 5.56. The number of aromatic nitrogens is 3. The predicted molar refractivity (Wildman–Crippen MR) is 89.8 cm³/mol. The Kier molecular flexibility index (Phi) is 4.88. The summed E-state index contributed by atoms with van der Waals surface area (Å²) in [7, 11) is 0. The van der Waals surface area contributed by atoms with E-state index in [1.54, 1.807) is 6.26 Å². The lowest BCUT2D eigenvalue weighted by Gasteiger charge is -2.15. The molecule has 23 heavy (non-hydrogen) atoms. The number of hydrogen-bond acceptors (Lipinski definition) is 4. The highest BCUT2D eigenvalue weighted by molar-refractivity contribution is 5.52. The Labute approximate surface area is 136 Å². The van der Waals surface area contributed by atoms with Crippen molar-refractivity contribution in [3.8, 4) is 11.5 Å². The molecular weight excluding hydrogens is 288 g/mol. The van der Waals surface area contributed by atoms with Crippen LogP contribution >= 0.6 is 0 Å². The van der Waals surface area contributed by atoms with Crippen molar-refractivity contribution in [1.29, 1.82) is 0 Å². The third kappa shape index (κ3) is 3.87. The van der Waals surface area contributed by atoms with E-state index in [1.165, 1.54) is 0 Å². The third-order valence-electron chi connectivity index (χ3n) is 3.79. The fraction of sp³-hybridized carbons (Fsp3) is 0.333. The summed E-state index contributed by atoms with van der Waals surface area (Å²) in [5, 5.41) is 3.48. The van der Waals surface area contributed by atoms with Gasteiger partial charge in [-0.1, -0.05) is 25.1 Å². The largest absolute Gasteiger partial charge is 0.444 e. The molecule has 2 aromatic heterocycles. The number of hydrogen-bond donors (Lipinski definition) is 1. The molecule has 0 amide bonds. The van der Waals surface area contributed by atoms with Crippen molar-refractivity contribution in [2.45, 2.75) is 39.4 Å². The molecule has 0 aliphatic carbocycles. The summed E-state index contributed by atoms with van der Waals surface area (Å²) in [6.45, 7) is 5.87. The van der Waals surface area contributed by atoms with Gasteiger partial charge in [0.05, 0.1) is 5.69 Å². The van der Waals surface area contributed by atoms with Gasteiger partial charge in [0.1, 0.15) is 12.1 Å². The van der Waals surface area contributed by atoms with Crippen LogP contribution in [0.15, 0.2) is 53.4 Å². The van der Waals surface area contributed by atoms with Crippen molar-refractivity contribution < 1.29 is 4.42 Å². The SMILES string of the molecule is CCc1nccn1CC(C)NCc1coc(-c2ccccc2)n1. The smallest absolute Gasteiger partial charge is 0.226 e. The van der Waals surface area contributed by atoms with Crippen molar-refractivity contribution in [2.24, 2.45) is 0 Å². The molecule has 3 rings (SSSR count). The van der Waals surface area contributed by atoms with Crippen molar-refractivity contribution >= 4 is 0 Å². The van der Waals surface area contributed by atoms with E-state index in [2.05, 4.69) is 33.7 Å². The Morgan fingerprint density at radius 3 is 2.87 bits per heavy atom. The number of benzene rings is 1. The Morgan fingerprint density at radius 1 is 1.26 bits per heavy atom. The number of rotatable bonds is 7. The minimum Gasteiger partial charge on any atom is -0.444 e. The van der Waals surface area contributed by atoms with Gasteiger partial charge in [0.25, 0.3) is 0 Å². The number of imidazole rings is 1. The van der Waals surface area contributed by atoms with Crippen LogP contribution < -0.4 is 5.32 Å². The molecule has 1 N–H and O–H groups in total. The number of nitrogens with one attached hydrogen (secondary N) is 1. The van der Waals surface area contributed by atoms with E-state index in [0.29, 0.717) is 18.5 Å². The molecule has 0 aliphatic rings. The molecule has 0 spiro atoms. The molecule has 0 saturated heterocycles. The number of oxazole rings is 1. The maximum Gasteiger partial charge on any atom is 0.226 e. The van der Waals surface area contributed by atoms with E-state index in [0.717, 1.165) is 30.0 Å². The summed E-state index contributed by atoms with van der Waals surface area (Å²) in [4.78, 5) is 8.89. The van der Waals surface area contributed by atoms with E-state index in [4.69, 9.17) is 4.42 Å². The maximum atomic E-state index is 5.56. The van der Waals surface area contributed by atoms with Crippen LogP contribution in [0, 0.1) is 0 Å². The van der Waals surface area contributed by atoms with Crippen LogP contribution in [0.1, 0.15) is 25.4 Å². The second-order valence-electron chi connectivity index (χ2n) is 5.64. The lowest BCUT2D eigenvalue weighted by atomic mass is 10.2. The first kappa shape index (κ1) is 15.5. The first-order valence-corrected chi connectivity index (χ1v) is 7.99. The highest BCUT2D eigenvalue weighted by Gasteiger charge is 2.09. The lowest BCUT2D eigenvalue weighted by molar-refractivity contribution is 0.464. The first-order chi connectivity index (χ1) is 11.3. The summed E-state index contributed by atoms with van der Waals surface area (Å²) in [6, 6.07) is 10.3. The highest BCUT2D eigenvalue weighted by Crippen LogP contribution is 2.17. The van der Waals surface area contributed by atoms with Crippen molar-refractivity contribution in [3.05, 3.63) is 60.5 Å². The molecule has 1 unspecified atom stereocenters. The van der Waals surface area contributed by atoms with E-state index >= 15 is 0 Å². The molecule has 0 saturated carbocycles. The number of aryl methyl sites for hydroxylation is 1. The first-order valence-electron chi connectivity index (χ1n) is 7.99. The van der Waals surface area contributed by atoms with Crippen molar-refractivity contribution in [2.75, 3.05) is 0 Å². The zero-order chi connectivity index (χ0) is 16.1. The van der Waals surface area contributed by atoms with Gasteiger partial charge in [0.15, 0.2) is 0 Å². The summed E-state index contributed by atoms with van der Waals surface area (Å²) >= 11 is 0. The van der Waals surface area contributed by atoms with Crippen LogP contribution in [-0.2, 0) is 19.5 Å². The van der Waals surface area contributed by atoms with E-state index < -0.39 is 0 Å². The fourth-order valence-corrected chi connectivity index (χ4v) is 2.56. The van der Waals surface area contributed by atoms with Gasteiger partial charge in [0, 0.05) is 43.5 Å². The topological polar surface area (TPSA) is 55.9 Å². The Morgan fingerprint density at radius 2 is 2.09 bits per heavy atom. The molecule has 0 aliphatic heterocycles. The predicted octanol–water partition coefficient (Wildman–Crippen LogP) is 3.28. The highest BCUT2D eigenvalue weighted by atomic mass is 16.3. The number of nitrogens with zero attached hydrogens (tertiary/aromatic N) is 3. The van der Waals surface area contributed by atoms with Gasteiger partial charge in [-0.05, 0) is 19.1 Å². The monoisotopic (exact) mass is 310 g/mol. The van der Waals surface area contributed by atoms with Gasteiger partial charge in [0.2, 0.25) is 5.89 Å². The Balaban J connectivity index is 1.55. The van der Waals surface area contributed by atoms with Crippen LogP contribution in [0.4, 0.5) is 0 Å². The molecule has 2 heterocycles. The van der Waals surface area contributed by atoms with E-state index in [1.807, 2.05) is 42.7 Å². The lowest BCUT2D eigenvalue weighted by Crippen LogP contribution is -2.30. The second kappa shape index (κ2) is 7.24. The molecular formula is C18H22N4O. The zero-order valence-electron chi connectivity index (χ0n) is 13.6. The van der Waals surface area contributed by atoms with E-state index in [-0.39, 0.29) is 0 Å². The summed E-state index contributed by atoms with van der Waals surface area (Å²) in [5.74, 6) is 1.78. The van der Waals surface area contributed by atoms with Crippen LogP contribution in [0.2, 0.25) is 0 Å². The van der Waals surface area contributed by atoms with Crippen molar-refractivity contribution in [1.82, 2.24) is 19.9 Å². The molecule has 120 valence electrons. The molecule has 1 atom stereocenters. The fourth-order valence-electron chi connectivity index (χ4n) is 2.56. The van der Waals surface area contributed by atoms with Crippen molar-refractivity contribution in [3.63, 3.8) is 0 Å². The molecule has 3 aromatic rings. The Bertz CT molecular complexity index is 732. The van der Waals surface area contributed by atoms with Gasteiger partial charge < -0.3 is 14.3 Å². The van der Waals surface area contributed by atoms with Crippen LogP contribution in [-0.4, -0.2) is 20.6 Å². The van der Waals surface area contributed by atoms with Gasteiger partial charge in [-0.25, -0.2) is 9.97 Å². The second-order valence-corrected chi connectivity index (χ2v) is 5.64. The van der Waals surface area contributed by atoms with Crippen LogP contribution in [0.3, 0.4) is 0 Å². The molecule has 5 nitrogen and oxygen atoms in total. The summed E-state index contributed by atoms with van der Waals surface area (Å²) in [5.41, 5.74) is 1.91. The average Bonchev–Trinajstić information content (AvgIpc) is 3.23. The minimum absolute atomic E-state index is 0.325.